The number of carbonyl (C=O) groups excluding carboxylic acids is 2. The zero-order valence-electron chi connectivity index (χ0n) is 10.3. The number of hydrogen-bond acceptors (Lipinski definition) is 4. The van der Waals surface area contributed by atoms with Crippen LogP contribution in [-0.4, -0.2) is 30.0 Å². The first-order chi connectivity index (χ1) is 9.01. The quantitative estimate of drug-likeness (QED) is 0.755. The minimum absolute atomic E-state index is 0.0245. The number of methoxy groups -OCH3 is 1. The zero-order chi connectivity index (χ0) is 14.3. The maximum atomic E-state index is 11.5. The molecule has 1 aromatic carbocycles. The fraction of sp³-hybridized carbons (Fsp3) is 0.154. The molecule has 2 amide bonds. The summed E-state index contributed by atoms with van der Waals surface area (Å²) < 4.78 is 4.97. The van der Waals surface area contributed by atoms with Crippen LogP contribution in [0.25, 0.3) is 0 Å². The number of hydrogen-bond donors (Lipinski definition) is 2. The third-order valence-corrected chi connectivity index (χ3v) is 2.16. The number of nitrogens with one attached hydrogen (secondary N) is 1. The molecule has 0 saturated carbocycles. The molecule has 6 heteroatoms. The molecule has 0 aliphatic carbocycles. The van der Waals surface area contributed by atoms with Gasteiger partial charge in [0.2, 0.25) is 5.91 Å². The number of aliphatic carboxylic acids is 1. The summed E-state index contributed by atoms with van der Waals surface area (Å²) in [6.07, 6.45) is 1.47. The Morgan fingerprint density at radius 2 is 1.84 bits per heavy atom. The molecule has 0 bridgehead atoms. The Morgan fingerprint density at radius 3 is 2.37 bits per heavy atom. The lowest BCUT2D eigenvalue weighted by Crippen LogP contribution is -2.30. The van der Waals surface area contributed by atoms with Gasteiger partial charge in [0.25, 0.3) is 5.91 Å². The average molecular weight is 263 g/mol. The molecule has 0 aliphatic heterocycles. The molecule has 0 heterocycles. The van der Waals surface area contributed by atoms with Crippen LogP contribution in [0.3, 0.4) is 0 Å². The standard InChI is InChI=1S/C13H13NO5/c1-19-10-4-2-9(3-5-10)8-12(16)14-11(15)6-7-13(17)18/h2-7H,8H2,1H3,(H,17,18)(H,14,15,16)/b7-6+. The first kappa shape index (κ1) is 14.4. The Labute approximate surface area is 109 Å². The van der Waals surface area contributed by atoms with E-state index in [2.05, 4.69) is 5.32 Å². The van der Waals surface area contributed by atoms with E-state index in [4.69, 9.17) is 9.84 Å². The zero-order valence-corrected chi connectivity index (χ0v) is 10.3. The molecule has 0 aromatic heterocycles. The van der Waals surface area contributed by atoms with Crippen LogP contribution in [0.2, 0.25) is 0 Å². The number of imide groups is 1. The molecular weight excluding hydrogens is 250 g/mol. The van der Waals surface area contributed by atoms with Crippen LogP contribution in [0.4, 0.5) is 0 Å². The van der Waals surface area contributed by atoms with Gasteiger partial charge in [0.15, 0.2) is 0 Å². The SMILES string of the molecule is COc1ccc(CC(=O)NC(=O)/C=C/C(=O)O)cc1. The van der Waals surface area contributed by atoms with Crippen LogP contribution < -0.4 is 10.1 Å². The molecule has 0 unspecified atom stereocenters. The molecule has 2 N–H and O–H groups in total. The summed E-state index contributed by atoms with van der Waals surface area (Å²) in [5.41, 5.74) is 0.716. The van der Waals surface area contributed by atoms with Crippen LogP contribution in [0.5, 0.6) is 5.75 Å². The molecule has 0 radical (unpaired) electrons. The van der Waals surface area contributed by atoms with E-state index in [9.17, 15) is 14.4 Å². The number of carboxylic acids is 1. The predicted octanol–water partition coefficient (Wildman–Crippen LogP) is 0.521. The molecule has 0 fully saturated rings. The van der Waals surface area contributed by atoms with Gasteiger partial charge in [-0.05, 0) is 17.7 Å². The summed E-state index contributed by atoms with van der Waals surface area (Å²) in [6, 6.07) is 6.81. The maximum absolute atomic E-state index is 11.5. The molecular formula is C13H13NO5. The van der Waals surface area contributed by atoms with Crippen molar-refractivity contribution in [3.8, 4) is 5.75 Å². The van der Waals surface area contributed by atoms with E-state index in [0.717, 1.165) is 6.08 Å². The fourth-order valence-electron chi connectivity index (χ4n) is 1.30. The Hall–Kier alpha value is -2.63. The van der Waals surface area contributed by atoms with Crippen LogP contribution in [0, 0.1) is 0 Å². The highest BCUT2D eigenvalue weighted by Gasteiger charge is 2.06. The van der Waals surface area contributed by atoms with Crippen LogP contribution >= 0.6 is 0 Å². The number of rotatable bonds is 5. The van der Waals surface area contributed by atoms with Crippen molar-refractivity contribution < 1.29 is 24.2 Å². The highest BCUT2D eigenvalue weighted by molar-refractivity contribution is 6.03. The van der Waals surface area contributed by atoms with Gasteiger partial charge in [-0.15, -0.1) is 0 Å². The Balaban J connectivity index is 2.50. The van der Waals surface area contributed by atoms with E-state index < -0.39 is 17.8 Å². The maximum Gasteiger partial charge on any atom is 0.328 e. The van der Waals surface area contributed by atoms with Gasteiger partial charge in [-0.25, -0.2) is 4.79 Å². The third-order valence-electron chi connectivity index (χ3n) is 2.16. The van der Waals surface area contributed by atoms with E-state index >= 15 is 0 Å². The highest BCUT2D eigenvalue weighted by atomic mass is 16.5. The van der Waals surface area contributed by atoms with Crippen molar-refractivity contribution in [3.63, 3.8) is 0 Å². The van der Waals surface area contributed by atoms with E-state index in [0.29, 0.717) is 17.4 Å². The number of carboxylic acid groups (broad SMARTS) is 1. The molecule has 1 aromatic rings. The topological polar surface area (TPSA) is 92.7 Å². The second-order valence-electron chi connectivity index (χ2n) is 3.61. The predicted molar refractivity (Wildman–Crippen MR) is 66.6 cm³/mol. The number of ether oxygens (including phenoxy) is 1. The lowest BCUT2D eigenvalue weighted by atomic mass is 10.1. The van der Waals surface area contributed by atoms with E-state index in [1.165, 1.54) is 7.11 Å². The molecule has 0 atom stereocenters. The first-order valence-corrected chi connectivity index (χ1v) is 5.39. The summed E-state index contributed by atoms with van der Waals surface area (Å²) in [5.74, 6) is -1.85. The molecule has 100 valence electrons. The van der Waals surface area contributed by atoms with Gasteiger partial charge in [0.1, 0.15) is 5.75 Å². The van der Waals surface area contributed by atoms with Crippen LogP contribution in [0.1, 0.15) is 5.56 Å². The van der Waals surface area contributed by atoms with Crippen LogP contribution in [-0.2, 0) is 20.8 Å². The van der Waals surface area contributed by atoms with Gasteiger partial charge < -0.3 is 9.84 Å². The number of amides is 2. The first-order valence-electron chi connectivity index (χ1n) is 5.39. The lowest BCUT2D eigenvalue weighted by molar-refractivity contribution is -0.132. The lowest BCUT2D eigenvalue weighted by Gasteiger charge is -2.03. The van der Waals surface area contributed by atoms with Gasteiger partial charge in [0, 0.05) is 12.2 Å². The minimum atomic E-state index is -1.25. The smallest absolute Gasteiger partial charge is 0.328 e. The second kappa shape index (κ2) is 6.95. The van der Waals surface area contributed by atoms with E-state index in [1.807, 2.05) is 0 Å². The van der Waals surface area contributed by atoms with Gasteiger partial charge in [-0.3, -0.25) is 14.9 Å². The second-order valence-corrected chi connectivity index (χ2v) is 3.61. The summed E-state index contributed by atoms with van der Waals surface area (Å²) in [6.45, 7) is 0. The van der Waals surface area contributed by atoms with Gasteiger partial charge >= 0.3 is 5.97 Å². The number of carbonyl (C=O) groups is 3. The van der Waals surface area contributed by atoms with E-state index in [1.54, 1.807) is 24.3 Å². The summed E-state index contributed by atoms with van der Waals surface area (Å²) in [4.78, 5) is 32.8. The summed E-state index contributed by atoms with van der Waals surface area (Å²) in [5, 5.41) is 10.4. The van der Waals surface area contributed by atoms with Crippen molar-refractivity contribution >= 4 is 17.8 Å². The molecule has 1 rings (SSSR count). The van der Waals surface area contributed by atoms with Gasteiger partial charge in [-0.2, -0.15) is 0 Å². The average Bonchev–Trinajstić information content (AvgIpc) is 2.37. The van der Waals surface area contributed by atoms with Crippen molar-refractivity contribution in [1.82, 2.24) is 5.32 Å². The molecule has 6 nitrogen and oxygen atoms in total. The third kappa shape index (κ3) is 5.49. The largest absolute Gasteiger partial charge is 0.497 e. The van der Waals surface area contributed by atoms with Crippen molar-refractivity contribution in [3.05, 3.63) is 42.0 Å². The normalized spacial score (nSPS) is 10.2. The Morgan fingerprint density at radius 1 is 1.21 bits per heavy atom. The Kier molecular flexibility index (Phi) is 5.28. The highest BCUT2D eigenvalue weighted by Crippen LogP contribution is 2.11. The van der Waals surface area contributed by atoms with E-state index in [-0.39, 0.29) is 6.42 Å². The van der Waals surface area contributed by atoms with Crippen LogP contribution in [0.15, 0.2) is 36.4 Å². The summed E-state index contributed by atoms with van der Waals surface area (Å²) >= 11 is 0. The minimum Gasteiger partial charge on any atom is -0.497 e. The summed E-state index contributed by atoms with van der Waals surface area (Å²) in [7, 11) is 1.54. The van der Waals surface area contributed by atoms with Gasteiger partial charge in [-0.1, -0.05) is 12.1 Å². The van der Waals surface area contributed by atoms with Crippen molar-refractivity contribution in [2.45, 2.75) is 6.42 Å². The molecule has 0 spiro atoms. The molecule has 19 heavy (non-hydrogen) atoms. The van der Waals surface area contributed by atoms with Gasteiger partial charge in [0.05, 0.1) is 13.5 Å². The van der Waals surface area contributed by atoms with Crippen molar-refractivity contribution in [2.75, 3.05) is 7.11 Å². The molecule has 0 aliphatic rings. The number of benzene rings is 1. The fourth-order valence-corrected chi connectivity index (χ4v) is 1.30. The van der Waals surface area contributed by atoms with Crippen molar-refractivity contribution in [2.24, 2.45) is 0 Å². The Bertz CT molecular complexity index is 504. The monoisotopic (exact) mass is 263 g/mol. The van der Waals surface area contributed by atoms with Crippen molar-refractivity contribution in [1.29, 1.82) is 0 Å². The molecule has 0 saturated heterocycles.